The zero-order chi connectivity index (χ0) is 18.9. The molecular weight excluding hydrogens is 324 g/mol. The first-order valence-corrected chi connectivity index (χ1v) is 8.27. The SMILES string of the molecule is Cc1cc(C(=O)NCCCN2C(=O)C(=O)N(C)C2=O)c(C)n1C(C)C. The third kappa shape index (κ3) is 3.42. The number of urea groups is 1. The number of nitrogens with one attached hydrogen (secondary N) is 1. The number of aryl methyl sites for hydroxylation is 1. The number of hydrogen-bond donors (Lipinski definition) is 1. The predicted molar refractivity (Wildman–Crippen MR) is 91.1 cm³/mol. The van der Waals surface area contributed by atoms with Crippen molar-refractivity contribution in [2.45, 2.75) is 40.2 Å². The van der Waals surface area contributed by atoms with E-state index >= 15 is 0 Å². The third-order valence-electron chi connectivity index (χ3n) is 4.34. The Balaban J connectivity index is 1.90. The summed E-state index contributed by atoms with van der Waals surface area (Å²) in [4.78, 5) is 48.9. The summed E-state index contributed by atoms with van der Waals surface area (Å²) < 4.78 is 2.10. The van der Waals surface area contributed by atoms with Crippen molar-refractivity contribution in [3.8, 4) is 0 Å². The number of amides is 5. The quantitative estimate of drug-likeness (QED) is 0.475. The Morgan fingerprint density at radius 2 is 1.80 bits per heavy atom. The Kier molecular flexibility index (Phi) is 5.30. The van der Waals surface area contributed by atoms with Gasteiger partial charge in [-0.2, -0.15) is 0 Å². The summed E-state index contributed by atoms with van der Waals surface area (Å²) in [5, 5.41) is 2.80. The van der Waals surface area contributed by atoms with E-state index in [4.69, 9.17) is 0 Å². The Hall–Kier alpha value is -2.64. The van der Waals surface area contributed by atoms with Crippen molar-refractivity contribution in [3.63, 3.8) is 0 Å². The highest BCUT2D eigenvalue weighted by Gasteiger charge is 2.41. The molecule has 1 aliphatic heterocycles. The molecule has 8 nitrogen and oxygen atoms in total. The minimum atomic E-state index is -0.824. The van der Waals surface area contributed by atoms with E-state index in [1.54, 1.807) is 0 Å². The van der Waals surface area contributed by atoms with Gasteiger partial charge in [0.15, 0.2) is 0 Å². The molecule has 0 radical (unpaired) electrons. The highest BCUT2D eigenvalue weighted by Crippen LogP contribution is 2.20. The fraction of sp³-hybridized carbons (Fsp3) is 0.529. The molecule has 1 aromatic heterocycles. The van der Waals surface area contributed by atoms with E-state index < -0.39 is 17.8 Å². The molecule has 0 unspecified atom stereocenters. The number of hydrogen-bond acceptors (Lipinski definition) is 4. The van der Waals surface area contributed by atoms with Crippen LogP contribution in [0.15, 0.2) is 6.07 Å². The van der Waals surface area contributed by atoms with Crippen LogP contribution in [0.2, 0.25) is 0 Å². The van der Waals surface area contributed by atoms with Gasteiger partial charge in [-0.25, -0.2) is 4.79 Å². The maximum atomic E-state index is 12.3. The molecule has 136 valence electrons. The van der Waals surface area contributed by atoms with E-state index in [-0.39, 0.29) is 18.5 Å². The molecule has 0 spiro atoms. The van der Waals surface area contributed by atoms with Gasteiger partial charge in [0.25, 0.3) is 5.91 Å². The van der Waals surface area contributed by atoms with E-state index in [9.17, 15) is 19.2 Å². The Labute approximate surface area is 146 Å². The number of rotatable bonds is 6. The van der Waals surface area contributed by atoms with Gasteiger partial charge < -0.3 is 9.88 Å². The summed E-state index contributed by atoms with van der Waals surface area (Å²) in [5.74, 6) is -1.83. The first kappa shape index (κ1) is 18.7. The minimum absolute atomic E-state index is 0.0963. The molecule has 25 heavy (non-hydrogen) atoms. The third-order valence-corrected chi connectivity index (χ3v) is 4.34. The maximum Gasteiger partial charge on any atom is 0.333 e. The van der Waals surface area contributed by atoms with Crippen LogP contribution < -0.4 is 5.32 Å². The number of likely N-dealkylation sites (N-methyl/N-ethyl adjacent to an activating group) is 1. The van der Waals surface area contributed by atoms with Crippen molar-refractivity contribution >= 4 is 23.8 Å². The van der Waals surface area contributed by atoms with Crippen LogP contribution in [0, 0.1) is 13.8 Å². The smallest absolute Gasteiger partial charge is 0.333 e. The lowest BCUT2D eigenvalue weighted by Crippen LogP contribution is -2.34. The Morgan fingerprint density at radius 1 is 1.16 bits per heavy atom. The molecule has 0 aromatic carbocycles. The van der Waals surface area contributed by atoms with Crippen molar-refractivity contribution in [1.29, 1.82) is 0 Å². The number of aromatic nitrogens is 1. The molecule has 5 amide bonds. The fourth-order valence-corrected chi connectivity index (χ4v) is 3.15. The van der Waals surface area contributed by atoms with Crippen LogP contribution in [0.4, 0.5) is 4.79 Å². The number of carbonyl (C=O) groups is 4. The molecule has 1 fully saturated rings. The van der Waals surface area contributed by atoms with Gasteiger partial charge >= 0.3 is 17.8 Å². The largest absolute Gasteiger partial charge is 0.352 e. The topological polar surface area (TPSA) is 91.7 Å². The highest BCUT2D eigenvalue weighted by molar-refractivity contribution is 6.44. The number of carbonyl (C=O) groups excluding carboxylic acids is 4. The Morgan fingerprint density at radius 3 is 2.28 bits per heavy atom. The van der Waals surface area contributed by atoms with E-state index in [1.807, 2.05) is 19.9 Å². The summed E-state index contributed by atoms with van der Waals surface area (Å²) in [6, 6.07) is 1.50. The lowest BCUT2D eigenvalue weighted by molar-refractivity contribution is -0.142. The first-order chi connectivity index (χ1) is 11.7. The Bertz CT molecular complexity index is 735. The predicted octanol–water partition coefficient (Wildman–Crippen LogP) is 1.23. The van der Waals surface area contributed by atoms with Gasteiger partial charge in [0, 0.05) is 37.6 Å². The van der Waals surface area contributed by atoms with E-state index in [2.05, 4.69) is 23.7 Å². The highest BCUT2D eigenvalue weighted by atomic mass is 16.2. The van der Waals surface area contributed by atoms with Gasteiger partial charge in [-0.15, -0.1) is 0 Å². The number of nitrogens with zero attached hydrogens (tertiary/aromatic N) is 3. The van der Waals surface area contributed by atoms with Crippen LogP contribution in [-0.4, -0.2) is 58.3 Å². The molecule has 1 N–H and O–H groups in total. The van der Waals surface area contributed by atoms with Crippen LogP contribution in [-0.2, 0) is 9.59 Å². The second-order valence-corrected chi connectivity index (χ2v) is 6.46. The first-order valence-electron chi connectivity index (χ1n) is 8.27. The average Bonchev–Trinajstić information content (AvgIpc) is 2.94. The average molecular weight is 348 g/mol. The van der Waals surface area contributed by atoms with E-state index in [0.717, 1.165) is 21.2 Å². The molecule has 2 heterocycles. The van der Waals surface area contributed by atoms with Crippen molar-refractivity contribution in [2.24, 2.45) is 0 Å². The summed E-state index contributed by atoms with van der Waals surface area (Å²) in [6.07, 6.45) is 0.382. The minimum Gasteiger partial charge on any atom is -0.352 e. The molecule has 8 heteroatoms. The molecule has 0 saturated carbocycles. The molecule has 0 atom stereocenters. The fourth-order valence-electron chi connectivity index (χ4n) is 3.15. The van der Waals surface area contributed by atoms with Crippen molar-refractivity contribution in [2.75, 3.05) is 20.1 Å². The van der Waals surface area contributed by atoms with E-state index in [1.165, 1.54) is 7.05 Å². The van der Waals surface area contributed by atoms with Crippen molar-refractivity contribution in [1.82, 2.24) is 19.7 Å². The van der Waals surface area contributed by atoms with Gasteiger partial charge in [0.05, 0.1) is 5.56 Å². The summed E-state index contributed by atoms with van der Waals surface area (Å²) in [7, 11) is 1.27. The van der Waals surface area contributed by atoms with Gasteiger partial charge in [-0.3, -0.25) is 24.2 Å². The summed E-state index contributed by atoms with van der Waals surface area (Å²) in [6.45, 7) is 8.39. The second-order valence-electron chi connectivity index (χ2n) is 6.46. The molecule has 1 saturated heterocycles. The molecule has 1 aromatic rings. The van der Waals surface area contributed by atoms with Gasteiger partial charge in [0.1, 0.15) is 0 Å². The maximum absolute atomic E-state index is 12.3. The van der Waals surface area contributed by atoms with Gasteiger partial charge in [0.2, 0.25) is 0 Å². The summed E-state index contributed by atoms with van der Waals surface area (Å²) in [5.41, 5.74) is 2.55. The van der Waals surface area contributed by atoms with Gasteiger partial charge in [-0.1, -0.05) is 0 Å². The van der Waals surface area contributed by atoms with Crippen molar-refractivity contribution in [3.05, 3.63) is 23.0 Å². The molecule has 2 rings (SSSR count). The zero-order valence-corrected chi connectivity index (χ0v) is 15.3. The normalized spacial score (nSPS) is 14.9. The zero-order valence-electron chi connectivity index (χ0n) is 15.3. The van der Waals surface area contributed by atoms with Crippen LogP contribution >= 0.6 is 0 Å². The van der Waals surface area contributed by atoms with Gasteiger partial charge in [-0.05, 0) is 40.2 Å². The molecule has 0 aliphatic carbocycles. The second kappa shape index (κ2) is 7.08. The summed E-state index contributed by atoms with van der Waals surface area (Å²) >= 11 is 0. The molecule has 1 aliphatic rings. The monoisotopic (exact) mass is 348 g/mol. The van der Waals surface area contributed by atoms with Crippen molar-refractivity contribution < 1.29 is 19.2 Å². The lowest BCUT2D eigenvalue weighted by Gasteiger charge is -2.14. The van der Waals surface area contributed by atoms with Crippen LogP contribution in [0.1, 0.15) is 48.1 Å². The molecule has 0 bridgehead atoms. The van der Waals surface area contributed by atoms with Crippen LogP contribution in [0.5, 0.6) is 0 Å². The molecular formula is C17H24N4O4. The lowest BCUT2D eigenvalue weighted by atomic mass is 10.2. The number of imide groups is 2. The van der Waals surface area contributed by atoms with E-state index in [0.29, 0.717) is 18.5 Å². The van der Waals surface area contributed by atoms with Crippen LogP contribution in [0.25, 0.3) is 0 Å². The van der Waals surface area contributed by atoms with Crippen LogP contribution in [0.3, 0.4) is 0 Å². The standard InChI is InChI=1S/C17H24N4O4/c1-10(2)21-11(3)9-13(12(21)4)14(22)18-7-6-8-20-16(24)15(23)19(5)17(20)25/h9-10H,6-8H2,1-5H3,(H,18,22).